The van der Waals surface area contributed by atoms with Crippen LogP contribution >= 0.6 is 0 Å². The third-order valence-electron chi connectivity index (χ3n) is 2.61. The van der Waals surface area contributed by atoms with Crippen LogP contribution in [0.1, 0.15) is 18.4 Å². The van der Waals surface area contributed by atoms with Gasteiger partial charge in [-0.2, -0.15) is 6.08 Å². The molecule has 0 aromatic heterocycles. The quantitative estimate of drug-likeness (QED) is 0.435. The van der Waals surface area contributed by atoms with Gasteiger partial charge in [0.1, 0.15) is 5.75 Å². The van der Waals surface area contributed by atoms with E-state index in [2.05, 4.69) is 30.4 Å². The van der Waals surface area contributed by atoms with Gasteiger partial charge in [0, 0.05) is 0 Å². The van der Waals surface area contributed by atoms with Gasteiger partial charge in [0.2, 0.25) is 0 Å². The van der Waals surface area contributed by atoms with Crippen LogP contribution in [0.3, 0.4) is 0 Å². The minimum Gasteiger partial charge on any atom is -1.00 e. The van der Waals surface area contributed by atoms with Crippen molar-refractivity contribution in [1.29, 1.82) is 0 Å². The van der Waals surface area contributed by atoms with Crippen molar-refractivity contribution in [3.05, 3.63) is 53.6 Å². The Labute approximate surface area is 136 Å². The van der Waals surface area contributed by atoms with Gasteiger partial charge in [-0.3, -0.25) is 6.08 Å². The van der Waals surface area contributed by atoms with Crippen LogP contribution in [-0.4, -0.2) is 7.11 Å². The zero-order valence-corrected chi connectivity index (χ0v) is 13.3. The summed E-state index contributed by atoms with van der Waals surface area (Å²) in [6, 6.07) is 8.27. The predicted octanol–water partition coefficient (Wildman–Crippen LogP) is -2.68. The first kappa shape index (κ1) is 20.1. The predicted molar refractivity (Wildman–Crippen MR) is 61.8 cm³/mol. The average Bonchev–Trinajstić information content (AvgIpc) is 2.80. The number of allylic oxidation sites excluding steroid dienone is 4. The summed E-state index contributed by atoms with van der Waals surface area (Å²) < 4.78 is 5.12. The molecule has 18 heavy (non-hydrogen) atoms. The van der Waals surface area contributed by atoms with E-state index in [4.69, 9.17) is 4.74 Å². The normalized spacial score (nSPS) is 11.7. The van der Waals surface area contributed by atoms with Crippen molar-refractivity contribution < 1.29 is 51.3 Å². The standard InChI is InChI=1S/C14H15O.2ClH.Ti/c1-15-14-10-8-13(9-11-14)7-6-12-4-2-3-5-12;;;/h2,4,8-11H,3,6-7H2,1H3;2*1H;/q-1;;;+3/p-2. The molecule has 0 N–H and O–H groups in total. The van der Waals surface area contributed by atoms with Crippen LogP contribution in [0.5, 0.6) is 5.75 Å². The van der Waals surface area contributed by atoms with Crippen LogP contribution in [0.25, 0.3) is 0 Å². The van der Waals surface area contributed by atoms with Crippen molar-refractivity contribution in [1.82, 2.24) is 0 Å². The Morgan fingerprint density at radius 2 is 1.78 bits per heavy atom. The molecule has 0 saturated heterocycles. The van der Waals surface area contributed by atoms with Crippen LogP contribution in [0.4, 0.5) is 0 Å². The third kappa shape index (κ3) is 6.11. The summed E-state index contributed by atoms with van der Waals surface area (Å²) in [7, 11) is 1.69. The van der Waals surface area contributed by atoms with Gasteiger partial charge in [-0.05, 0) is 24.1 Å². The molecule has 1 radical (unpaired) electrons. The summed E-state index contributed by atoms with van der Waals surface area (Å²) in [4.78, 5) is 0. The molecule has 0 bridgehead atoms. The third-order valence-corrected chi connectivity index (χ3v) is 2.61. The molecule has 0 amide bonds. The number of methoxy groups -OCH3 is 1. The summed E-state index contributed by atoms with van der Waals surface area (Å²) in [6.07, 6.45) is 10.8. The Kier molecular flexibility index (Phi) is 12.0. The first-order valence-corrected chi connectivity index (χ1v) is 5.27. The van der Waals surface area contributed by atoms with E-state index in [0.29, 0.717) is 0 Å². The molecule has 0 unspecified atom stereocenters. The maximum atomic E-state index is 5.12. The first-order chi connectivity index (χ1) is 7.38. The van der Waals surface area contributed by atoms with E-state index in [0.717, 1.165) is 25.0 Å². The van der Waals surface area contributed by atoms with Crippen LogP contribution in [-0.2, 0) is 28.1 Å². The summed E-state index contributed by atoms with van der Waals surface area (Å²) >= 11 is 0. The number of aryl methyl sites for hydroxylation is 1. The topological polar surface area (TPSA) is 9.23 Å². The summed E-state index contributed by atoms with van der Waals surface area (Å²) in [5.74, 6) is 0.922. The molecule has 0 atom stereocenters. The minimum absolute atomic E-state index is 0. The fourth-order valence-corrected chi connectivity index (χ4v) is 1.69. The summed E-state index contributed by atoms with van der Waals surface area (Å²) in [6.45, 7) is 0. The Hall–Kier alpha value is -0.206. The monoisotopic (exact) mass is 317 g/mol. The first-order valence-electron chi connectivity index (χ1n) is 5.27. The summed E-state index contributed by atoms with van der Waals surface area (Å²) in [5, 5.41) is 0. The minimum atomic E-state index is 0. The van der Waals surface area contributed by atoms with E-state index in [-0.39, 0.29) is 46.5 Å². The Morgan fingerprint density at radius 3 is 2.28 bits per heavy atom. The van der Waals surface area contributed by atoms with E-state index in [9.17, 15) is 0 Å². The van der Waals surface area contributed by atoms with Gasteiger partial charge < -0.3 is 29.6 Å². The van der Waals surface area contributed by atoms with E-state index in [1.807, 2.05) is 12.1 Å². The molecule has 0 spiro atoms. The number of rotatable bonds is 4. The molecule has 1 aliphatic carbocycles. The number of hydrogen-bond acceptors (Lipinski definition) is 1. The largest absolute Gasteiger partial charge is 3.00 e. The Bertz CT molecular complexity index is 385. The second kappa shape index (κ2) is 10.7. The van der Waals surface area contributed by atoms with Gasteiger partial charge in [-0.15, -0.1) is 6.42 Å². The zero-order valence-electron chi connectivity index (χ0n) is 10.2. The van der Waals surface area contributed by atoms with Crippen LogP contribution in [0.15, 0.2) is 42.0 Å². The number of hydrogen-bond donors (Lipinski definition) is 0. The van der Waals surface area contributed by atoms with Gasteiger partial charge >= 0.3 is 21.7 Å². The van der Waals surface area contributed by atoms with Crippen LogP contribution < -0.4 is 29.6 Å². The fourth-order valence-electron chi connectivity index (χ4n) is 1.69. The maximum Gasteiger partial charge on any atom is 3.00 e. The van der Waals surface area contributed by atoms with E-state index >= 15 is 0 Å². The maximum absolute atomic E-state index is 5.12. The van der Waals surface area contributed by atoms with E-state index in [1.54, 1.807) is 7.11 Å². The molecule has 1 nitrogen and oxygen atoms in total. The Balaban J connectivity index is 0. The molecule has 1 aliphatic rings. The van der Waals surface area contributed by atoms with Crippen LogP contribution in [0, 0.1) is 6.08 Å². The van der Waals surface area contributed by atoms with Crippen molar-refractivity contribution in [2.75, 3.05) is 7.11 Å². The zero-order chi connectivity index (χ0) is 10.5. The van der Waals surface area contributed by atoms with Gasteiger partial charge in [0.15, 0.2) is 0 Å². The molecule has 4 heteroatoms. The number of benzene rings is 1. The molecule has 1 aromatic rings. The molecule has 0 heterocycles. The molecule has 1 aromatic carbocycles. The Morgan fingerprint density at radius 1 is 1.11 bits per heavy atom. The van der Waals surface area contributed by atoms with Gasteiger partial charge in [-0.25, -0.2) is 11.6 Å². The molecule has 0 aliphatic heterocycles. The smallest absolute Gasteiger partial charge is 1.00 e. The number of ether oxygens (including phenoxy) is 1. The molecule has 0 saturated carbocycles. The number of halogens is 2. The van der Waals surface area contributed by atoms with Crippen molar-refractivity contribution in [3.8, 4) is 5.75 Å². The van der Waals surface area contributed by atoms with Gasteiger partial charge in [0.05, 0.1) is 7.11 Å². The molecule has 2 rings (SSSR count). The molecular weight excluding hydrogens is 303 g/mol. The van der Waals surface area contributed by atoms with Gasteiger partial charge in [-0.1, -0.05) is 18.6 Å². The average molecular weight is 318 g/mol. The second-order valence-electron chi connectivity index (χ2n) is 3.66. The second-order valence-corrected chi connectivity index (χ2v) is 3.66. The fraction of sp³-hybridized carbons (Fsp3) is 0.286. The van der Waals surface area contributed by atoms with Crippen LogP contribution in [0.2, 0.25) is 0 Å². The summed E-state index contributed by atoms with van der Waals surface area (Å²) in [5.41, 5.74) is 2.69. The van der Waals surface area contributed by atoms with Gasteiger partial charge in [0.25, 0.3) is 0 Å². The molecule has 95 valence electrons. The van der Waals surface area contributed by atoms with E-state index < -0.39 is 0 Å². The molecular formula is C14H15Cl2OTi. The van der Waals surface area contributed by atoms with Crippen molar-refractivity contribution in [2.24, 2.45) is 0 Å². The van der Waals surface area contributed by atoms with Crippen molar-refractivity contribution in [2.45, 2.75) is 19.3 Å². The SMILES string of the molecule is COc1ccc(CCC2=[C-]CC=C2)cc1.[Cl-].[Cl-].[Ti+3]. The van der Waals surface area contributed by atoms with Crippen molar-refractivity contribution in [3.63, 3.8) is 0 Å². The van der Waals surface area contributed by atoms with Crippen molar-refractivity contribution >= 4 is 0 Å². The van der Waals surface area contributed by atoms with E-state index in [1.165, 1.54) is 11.1 Å². The molecule has 0 fully saturated rings.